The predicted octanol–water partition coefficient (Wildman–Crippen LogP) is 5.78. The number of pyridine rings is 1. The van der Waals surface area contributed by atoms with Gasteiger partial charge in [-0.15, -0.1) is 0 Å². The van der Waals surface area contributed by atoms with Gasteiger partial charge in [0.15, 0.2) is 0 Å². The first-order valence-electron chi connectivity index (χ1n) is 9.19. The first-order chi connectivity index (χ1) is 14.0. The SMILES string of the molecule is CC(C)(c1ccccc1F)c1cccc2c1NC(=NCc1ncccc1Cl)NS2. The fourth-order valence-corrected chi connectivity index (χ4v) is 4.30. The number of fused-ring (bicyclic) bond motifs is 1. The van der Waals surface area contributed by atoms with Crippen LogP contribution in [0.4, 0.5) is 10.1 Å². The number of nitrogens with one attached hydrogen (secondary N) is 2. The fraction of sp³-hybridized carbons (Fsp3) is 0.182. The Labute approximate surface area is 178 Å². The van der Waals surface area contributed by atoms with Crippen molar-refractivity contribution in [3.63, 3.8) is 0 Å². The number of guanidine groups is 1. The monoisotopic (exact) mass is 426 g/mol. The summed E-state index contributed by atoms with van der Waals surface area (Å²) < 4.78 is 17.8. The van der Waals surface area contributed by atoms with Gasteiger partial charge in [-0.1, -0.05) is 55.8 Å². The van der Waals surface area contributed by atoms with Crippen LogP contribution < -0.4 is 10.0 Å². The topological polar surface area (TPSA) is 49.3 Å². The molecule has 0 aliphatic carbocycles. The number of hydrogen-bond donors (Lipinski definition) is 2. The molecule has 2 aromatic carbocycles. The molecule has 1 aliphatic rings. The van der Waals surface area contributed by atoms with Crippen molar-refractivity contribution >= 4 is 35.2 Å². The average molecular weight is 427 g/mol. The van der Waals surface area contributed by atoms with Gasteiger partial charge in [-0.05, 0) is 47.3 Å². The molecule has 1 aliphatic heterocycles. The molecule has 7 heteroatoms. The molecule has 0 spiro atoms. The Bertz CT molecular complexity index is 1080. The molecule has 0 atom stereocenters. The third-order valence-electron chi connectivity index (χ3n) is 4.97. The molecule has 0 unspecified atom stereocenters. The van der Waals surface area contributed by atoms with Crippen molar-refractivity contribution in [3.05, 3.63) is 88.5 Å². The van der Waals surface area contributed by atoms with Crippen molar-refractivity contribution in [2.45, 2.75) is 30.7 Å². The predicted molar refractivity (Wildman–Crippen MR) is 118 cm³/mol. The van der Waals surface area contributed by atoms with Gasteiger partial charge in [-0.2, -0.15) is 0 Å². The van der Waals surface area contributed by atoms with E-state index in [1.54, 1.807) is 24.4 Å². The largest absolute Gasteiger partial charge is 0.324 e. The lowest BCUT2D eigenvalue weighted by Gasteiger charge is -2.32. The standard InChI is InChI=1S/C22H20ClFN4S/c1-22(2,14-7-3-4-10-17(14)24)15-8-5-11-19-20(15)27-21(28-29-19)26-13-18-16(23)9-6-12-25-18/h3-12H,13H2,1-2H3,(H2,26,27,28). The van der Waals surface area contributed by atoms with E-state index in [-0.39, 0.29) is 5.82 Å². The highest BCUT2D eigenvalue weighted by Gasteiger charge is 2.31. The Morgan fingerprint density at radius 2 is 1.86 bits per heavy atom. The Morgan fingerprint density at radius 3 is 2.66 bits per heavy atom. The van der Waals surface area contributed by atoms with Gasteiger partial charge in [0.2, 0.25) is 5.96 Å². The van der Waals surface area contributed by atoms with Gasteiger partial charge in [0.1, 0.15) is 5.82 Å². The number of rotatable bonds is 4. The maximum absolute atomic E-state index is 14.5. The molecule has 1 aromatic heterocycles. The Hall–Kier alpha value is -2.57. The van der Waals surface area contributed by atoms with Crippen molar-refractivity contribution in [2.24, 2.45) is 4.99 Å². The van der Waals surface area contributed by atoms with Gasteiger partial charge in [0.25, 0.3) is 0 Å². The summed E-state index contributed by atoms with van der Waals surface area (Å²) in [6.07, 6.45) is 1.70. The van der Waals surface area contributed by atoms with Crippen LogP contribution in [0.1, 0.15) is 30.7 Å². The van der Waals surface area contributed by atoms with E-state index in [2.05, 4.69) is 20.0 Å². The van der Waals surface area contributed by atoms with Crippen LogP contribution in [0.2, 0.25) is 5.02 Å². The molecule has 3 aromatic rings. The maximum atomic E-state index is 14.5. The van der Waals surface area contributed by atoms with E-state index in [4.69, 9.17) is 11.6 Å². The number of para-hydroxylation sites is 1. The third kappa shape index (κ3) is 3.95. The lowest BCUT2D eigenvalue weighted by atomic mass is 9.77. The molecule has 2 N–H and O–H groups in total. The van der Waals surface area contributed by atoms with Crippen LogP contribution in [0.5, 0.6) is 0 Å². The molecular formula is C22H20ClFN4S. The van der Waals surface area contributed by atoms with Gasteiger partial charge in [0.05, 0.1) is 27.8 Å². The van der Waals surface area contributed by atoms with Crippen LogP contribution in [0.3, 0.4) is 0 Å². The summed E-state index contributed by atoms with van der Waals surface area (Å²) >= 11 is 7.65. The minimum atomic E-state index is -0.531. The van der Waals surface area contributed by atoms with Crippen molar-refractivity contribution in [1.82, 2.24) is 9.71 Å². The van der Waals surface area contributed by atoms with E-state index in [1.807, 2.05) is 44.2 Å². The average Bonchev–Trinajstić information content (AvgIpc) is 2.72. The van der Waals surface area contributed by atoms with E-state index >= 15 is 0 Å². The minimum Gasteiger partial charge on any atom is -0.324 e. The number of halogens is 2. The molecular weight excluding hydrogens is 407 g/mol. The van der Waals surface area contributed by atoms with Crippen LogP contribution >= 0.6 is 23.5 Å². The maximum Gasteiger partial charge on any atom is 0.206 e. The molecule has 2 heterocycles. The van der Waals surface area contributed by atoms with Crippen molar-refractivity contribution in [1.29, 1.82) is 0 Å². The lowest BCUT2D eigenvalue weighted by Crippen LogP contribution is -2.32. The molecule has 4 rings (SSSR count). The quantitative estimate of drug-likeness (QED) is 0.519. The molecule has 4 nitrogen and oxygen atoms in total. The van der Waals surface area contributed by atoms with Crippen LogP contribution in [-0.4, -0.2) is 10.9 Å². The fourth-order valence-electron chi connectivity index (χ4n) is 3.39. The minimum absolute atomic E-state index is 0.213. The third-order valence-corrected chi connectivity index (χ3v) is 6.17. The molecule has 148 valence electrons. The van der Waals surface area contributed by atoms with Crippen LogP contribution in [-0.2, 0) is 12.0 Å². The molecule has 0 saturated carbocycles. The van der Waals surface area contributed by atoms with Crippen LogP contribution in [0, 0.1) is 5.82 Å². The van der Waals surface area contributed by atoms with Crippen molar-refractivity contribution < 1.29 is 4.39 Å². The second-order valence-electron chi connectivity index (χ2n) is 7.21. The van der Waals surface area contributed by atoms with E-state index < -0.39 is 5.41 Å². The summed E-state index contributed by atoms with van der Waals surface area (Å²) in [7, 11) is 0. The highest BCUT2D eigenvalue weighted by atomic mass is 35.5. The first-order valence-corrected chi connectivity index (χ1v) is 10.4. The summed E-state index contributed by atoms with van der Waals surface area (Å²) in [5, 5.41) is 3.96. The highest BCUT2D eigenvalue weighted by Crippen LogP contribution is 2.42. The van der Waals surface area contributed by atoms with Crippen molar-refractivity contribution in [3.8, 4) is 0 Å². The highest BCUT2D eigenvalue weighted by molar-refractivity contribution is 7.98. The molecule has 0 radical (unpaired) electrons. The number of anilines is 1. The number of aromatic nitrogens is 1. The molecule has 0 fully saturated rings. The Balaban J connectivity index is 1.67. The van der Waals surface area contributed by atoms with Crippen LogP contribution in [0.25, 0.3) is 0 Å². The van der Waals surface area contributed by atoms with E-state index in [0.29, 0.717) is 28.8 Å². The van der Waals surface area contributed by atoms with Gasteiger partial charge < -0.3 is 5.32 Å². The smallest absolute Gasteiger partial charge is 0.206 e. The summed E-state index contributed by atoms with van der Waals surface area (Å²) in [4.78, 5) is 9.88. The molecule has 0 bridgehead atoms. The molecule has 29 heavy (non-hydrogen) atoms. The van der Waals surface area contributed by atoms with Gasteiger partial charge in [-0.25, -0.2) is 9.38 Å². The normalized spacial score (nSPS) is 14.8. The summed E-state index contributed by atoms with van der Waals surface area (Å²) in [5.41, 5.74) is 2.75. The zero-order valence-electron chi connectivity index (χ0n) is 16.0. The molecule has 0 saturated heterocycles. The Kier molecular flexibility index (Phi) is 5.48. The van der Waals surface area contributed by atoms with E-state index in [0.717, 1.165) is 16.1 Å². The van der Waals surface area contributed by atoms with Crippen LogP contribution in [0.15, 0.2) is 70.7 Å². The first kappa shape index (κ1) is 19.7. The number of hydrogen-bond acceptors (Lipinski definition) is 3. The zero-order valence-corrected chi connectivity index (χ0v) is 17.6. The number of benzene rings is 2. The van der Waals surface area contributed by atoms with E-state index in [1.165, 1.54) is 18.0 Å². The lowest BCUT2D eigenvalue weighted by molar-refractivity contribution is 0.548. The molecule has 0 amide bonds. The van der Waals surface area contributed by atoms with Crippen molar-refractivity contribution in [2.75, 3.05) is 5.32 Å². The second-order valence-corrected chi connectivity index (χ2v) is 8.46. The summed E-state index contributed by atoms with van der Waals surface area (Å²) in [6.45, 7) is 4.41. The van der Waals surface area contributed by atoms with Gasteiger partial charge in [-0.3, -0.25) is 9.71 Å². The Morgan fingerprint density at radius 1 is 1.07 bits per heavy atom. The van der Waals surface area contributed by atoms with E-state index in [9.17, 15) is 4.39 Å². The number of nitrogens with zero attached hydrogens (tertiary/aromatic N) is 2. The summed E-state index contributed by atoms with van der Waals surface area (Å²) in [5.74, 6) is 0.399. The van der Waals surface area contributed by atoms with Gasteiger partial charge >= 0.3 is 0 Å². The number of aliphatic imine (C=N–C) groups is 1. The summed E-state index contributed by atoms with van der Waals surface area (Å²) in [6, 6.07) is 16.5. The van der Waals surface area contributed by atoms with Gasteiger partial charge in [0, 0.05) is 11.6 Å². The zero-order chi connectivity index (χ0) is 20.4. The second kappa shape index (κ2) is 8.05.